The number of β-lactam (4-membered cyclic amide) rings is 1. The van der Waals surface area contributed by atoms with E-state index < -0.39 is 18.0 Å². The Morgan fingerprint density at radius 1 is 1.10 bits per heavy atom. The number of aliphatic carboxylic acids is 1. The fourth-order valence-electron chi connectivity index (χ4n) is 4.90. The lowest BCUT2D eigenvalue weighted by atomic mass is 9.82. The topological polar surface area (TPSA) is 94.9 Å². The fourth-order valence-corrected chi connectivity index (χ4v) is 5.34. The molecule has 3 atom stereocenters. The van der Waals surface area contributed by atoms with Crippen LogP contribution in [-0.2, 0) is 9.59 Å². The van der Waals surface area contributed by atoms with Crippen molar-refractivity contribution in [2.45, 2.75) is 30.4 Å². The quantitative estimate of drug-likeness (QED) is 0.497. The minimum atomic E-state index is -1.16. The lowest BCUT2D eigenvalue weighted by Crippen LogP contribution is -2.61. The molecule has 2 heterocycles. The third-order valence-electron chi connectivity index (χ3n) is 6.31. The average molecular weight is 421 g/mol. The highest BCUT2D eigenvalue weighted by Crippen LogP contribution is 2.48. The Balaban J connectivity index is 1.63. The molecule has 30 heavy (non-hydrogen) atoms. The zero-order valence-electron chi connectivity index (χ0n) is 16.4. The molecule has 1 amide bonds. The minimum absolute atomic E-state index is 0.0238. The molecule has 2 aromatic carbocycles. The summed E-state index contributed by atoms with van der Waals surface area (Å²) in [5.74, 6) is -2.14. The molecule has 0 unspecified atom stereocenters. The predicted molar refractivity (Wildman–Crippen MR) is 112 cm³/mol. The number of nitrogens with zero attached hydrogens (tertiary/aromatic N) is 1. The standard InChI is InChI=1S/C23H19NO5S/c1-10(25)19-18-9-15(20(23(28)29)24(18)22(19)27)11-3-5-13-16(7-11)17-8-12(30-2)4-6-14(17)21(13)26/h3-8,10,18-19,25H,9H2,1-2H3,(H,28,29)/t10-,18-,19-/m1/s1. The van der Waals surface area contributed by atoms with Crippen molar-refractivity contribution >= 4 is 35.0 Å². The van der Waals surface area contributed by atoms with Crippen LogP contribution in [0, 0.1) is 5.92 Å². The summed E-state index contributed by atoms with van der Waals surface area (Å²) in [5.41, 5.74) is 4.11. The van der Waals surface area contributed by atoms with E-state index in [0.717, 1.165) is 16.0 Å². The molecule has 7 heteroatoms. The zero-order chi connectivity index (χ0) is 21.3. The van der Waals surface area contributed by atoms with Crippen molar-refractivity contribution in [1.29, 1.82) is 0 Å². The molecule has 2 aliphatic heterocycles. The zero-order valence-corrected chi connectivity index (χ0v) is 17.2. The van der Waals surface area contributed by atoms with E-state index in [9.17, 15) is 24.6 Å². The summed E-state index contributed by atoms with van der Waals surface area (Å²) in [6.45, 7) is 1.56. The first-order valence-electron chi connectivity index (χ1n) is 9.68. The van der Waals surface area contributed by atoms with E-state index in [4.69, 9.17) is 0 Å². The van der Waals surface area contributed by atoms with Gasteiger partial charge >= 0.3 is 5.97 Å². The number of rotatable bonds is 4. The van der Waals surface area contributed by atoms with Crippen molar-refractivity contribution in [3.8, 4) is 11.1 Å². The second kappa shape index (κ2) is 6.55. The van der Waals surface area contributed by atoms with Crippen molar-refractivity contribution in [3.63, 3.8) is 0 Å². The number of hydrogen-bond donors (Lipinski definition) is 2. The van der Waals surface area contributed by atoms with E-state index in [2.05, 4.69) is 0 Å². The normalized spacial score (nSPS) is 22.6. The van der Waals surface area contributed by atoms with Crippen LogP contribution in [0.2, 0.25) is 0 Å². The summed E-state index contributed by atoms with van der Waals surface area (Å²) in [6, 6.07) is 10.7. The Morgan fingerprint density at radius 3 is 2.40 bits per heavy atom. The molecule has 3 aliphatic rings. The number of thioether (sulfide) groups is 1. The Morgan fingerprint density at radius 2 is 1.77 bits per heavy atom. The molecule has 0 radical (unpaired) electrons. The summed E-state index contributed by atoms with van der Waals surface area (Å²) in [7, 11) is 0. The largest absolute Gasteiger partial charge is 0.477 e. The molecule has 0 aromatic heterocycles. The third-order valence-corrected chi connectivity index (χ3v) is 7.03. The summed E-state index contributed by atoms with van der Waals surface area (Å²) in [4.78, 5) is 39.6. The van der Waals surface area contributed by atoms with Gasteiger partial charge in [-0.1, -0.05) is 6.07 Å². The number of carboxylic acid groups (broad SMARTS) is 1. The van der Waals surface area contributed by atoms with E-state index in [0.29, 0.717) is 28.7 Å². The molecule has 2 aromatic rings. The molecule has 2 N–H and O–H groups in total. The van der Waals surface area contributed by atoms with Gasteiger partial charge in [0.05, 0.1) is 18.1 Å². The van der Waals surface area contributed by atoms with E-state index in [1.165, 1.54) is 4.90 Å². The lowest BCUT2D eigenvalue weighted by Gasteiger charge is -2.44. The molecule has 6 nitrogen and oxygen atoms in total. The monoisotopic (exact) mass is 421 g/mol. The summed E-state index contributed by atoms with van der Waals surface area (Å²) in [6.07, 6.45) is 1.51. The molecule has 1 fully saturated rings. The van der Waals surface area contributed by atoms with Gasteiger partial charge < -0.3 is 15.1 Å². The highest BCUT2D eigenvalue weighted by Gasteiger charge is 2.56. The molecule has 0 bridgehead atoms. The van der Waals surface area contributed by atoms with Crippen LogP contribution in [0.3, 0.4) is 0 Å². The van der Waals surface area contributed by atoms with Crippen LogP contribution in [0.4, 0.5) is 0 Å². The number of ketones is 1. The van der Waals surface area contributed by atoms with Crippen molar-refractivity contribution in [2.75, 3.05) is 6.26 Å². The van der Waals surface area contributed by atoms with Gasteiger partial charge in [0.2, 0.25) is 5.91 Å². The fraction of sp³-hybridized carbons (Fsp3) is 0.261. The first-order chi connectivity index (χ1) is 14.3. The number of aliphatic hydroxyl groups excluding tert-OH is 1. The Bertz CT molecular complexity index is 1180. The number of fused-ring (bicyclic) bond motifs is 4. The predicted octanol–water partition coefficient (Wildman–Crippen LogP) is 3.03. The van der Waals surface area contributed by atoms with Crippen LogP contribution in [0.1, 0.15) is 34.8 Å². The van der Waals surface area contributed by atoms with Gasteiger partial charge in [0.25, 0.3) is 0 Å². The van der Waals surface area contributed by atoms with Crippen molar-refractivity contribution in [3.05, 3.63) is 58.8 Å². The molecule has 0 spiro atoms. The lowest BCUT2D eigenvalue weighted by molar-refractivity contribution is -0.161. The van der Waals surface area contributed by atoms with Crippen LogP contribution in [0.15, 0.2) is 47.0 Å². The molecule has 1 saturated heterocycles. The Hall–Kier alpha value is -2.90. The van der Waals surface area contributed by atoms with Gasteiger partial charge in [-0.05, 0) is 72.2 Å². The number of benzene rings is 2. The first-order valence-corrected chi connectivity index (χ1v) is 10.9. The van der Waals surface area contributed by atoms with Crippen LogP contribution >= 0.6 is 11.8 Å². The molecule has 5 rings (SSSR count). The van der Waals surface area contributed by atoms with Gasteiger partial charge in [0, 0.05) is 16.0 Å². The Kier molecular flexibility index (Phi) is 4.17. The smallest absolute Gasteiger partial charge is 0.352 e. The Labute approximate surface area is 177 Å². The molecular weight excluding hydrogens is 402 g/mol. The van der Waals surface area contributed by atoms with Crippen molar-refractivity contribution < 1.29 is 24.6 Å². The van der Waals surface area contributed by atoms with Gasteiger partial charge in [-0.25, -0.2) is 4.79 Å². The second-order valence-corrected chi connectivity index (χ2v) is 8.76. The van der Waals surface area contributed by atoms with Gasteiger partial charge in [-0.3, -0.25) is 9.59 Å². The van der Waals surface area contributed by atoms with E-state index >= 15 is 0 Å². The third kappa shape index (κ3) is 2.45. The van der Waals surface area contributed by atoms with Crippen molar-refractivity contribution in [1.82, 2.24) is 4.90 Å². The van der Waals surface area contributed by atoms with Crippen LogP contribution < -0.4 is 0 Å². The van der Waals surface area contributed by atoms with Crippen molar-refractivity contribution in [2.24, 2.45) is 5.92 Å². The minimum Gasteiger partial charge on any atom is -0.477 e. The first kappa shape index (κ1) is 19.1. The number of aliphatic hydroxyl groups is 1. The van der Waals surface area contributed by atoms with Gasteiger partial charge in [-0.15, -0.1) is 11.8 Å². The number of hydrogen-bond acceptors (Lipinski definition) is 5. The van der Waals surface area contributed by atoms with Crippen LogP contribution in [-0.4, -0.2) is 51.2 Å². The maximum Gasteiger partial charge on any atom is 0.352 e. The van der Waals surface area contributed by atoms with Gasteiger partial charge in [0.1, 0.15) is 5.70 Å². The van der Waals surface area contributed by atoms with Gasteiger partial charge in [0.15, 0.2) is 5.78 Å². The van der Waals surface area contributed by atoms with E-state index in [-0.39, 0.29) is 23.4 Å². The highest BCUT2D eigenvalue weighted by atomic mass is 32.2. The van der Waals surface area contributed by atoms with Crippen LogP contribution in [0.25, 0.3) is 16.7 Å². The summed E-state index contributed by atoms with van der Waals surface area (Å²) >= 11 is 1.59. The number of carbonyl (C=O) groups is 3. The maximum absolute atomic E-state index is 12.8. The SMILES string of the molecule is CSc1ccc2c(c1)-c1cc(C3=C(C(=O)O)N4C(=O)[C@H]([C@@H](C)O)[C@H]4C3)ccc1C2=O. The second-order valence-electron chi connectivity index (χ2n) is 7.88. The number of carbonyl (C=O) groups excluding carboxylic acids is 2. The molecule has 1 aliphatic carbocycles. The molecular formula is C23H19NO5S. The number of amides is 1. The molecule has 152 valence electrons. The maximum atomic E-state index is 12.8. The van der Waals surface area contributed by atoms with Gasteiger partial charge in [-0.2, -0.15) is 0 Å². The van der Waals surface area contributed by atoms with E-state index in [1.54, 1.807) is 30.8 Å². The molecule has 0 saturated carbocycles. The highest BCUT2D eigenvalue weighted by molar-refractivity contribution is 7.98. The summed E-state index contributed by atoms with van der Waals surface area (Å²) < 4.78 is 0. The average Bonchev–Trinajstić information content (AvgIpc) is 3.20. The van der Waals surface area contributed by atoms with E-state index in [1.807, 2.05) is 30.5 Å². The summed E-state index contributed by atoms with van der Waals surface area (Å²) in [5, 5.41) is 19.7. The number of carboxylic acids is 1. The van der Waals surface area contributed by atoms with Crippen LogP contribution in [0.5, 0.6) is 0 Å².